The number of benzene rings is 4. The van der Waals surface area contributed by atoms with Gasteiger partial charge in [-0.2, -0.15) is 10.1 Å². The van der Waals surface area contributed by atoms with Crippen molar-refractivity contribution in [1.29, 1.82) is 0 Å². The van der Waals surface area contributed by atoms with Gasteiger partial charge in [0.05, 0.1) is 66.9 Å². The highest BCUT2D eigenvalue weighted by Crippen LogP contribution is 2.35. The van der Waals surface area contributed by atoms with E-state index in [1.807, 2.05) is 60.7 Å². The number of hydrogen-bond donors (Lipinski definition) is 1. The first-order valence-corrected chi connectivity index (χ1v) is 33.3. The summed E-state index contributed by atoms with van der Waals surface area (Å²) in [5, 5.41) is 10.7. The van der Waals surface area contributed by atoms with Crippen LogP contribution in [0.3, 0.4) is 0 Å². The van der Waals surface area contributed by atoms with Crippen molar-refractivity contribution in [2.24, 2.45) is 28.8 Å². The highest BCUT2D eigenvalue weighted by molar-refractivity contribution is 7.80. The molecule has 0 atom stereocenters. The van der Waals surface area contributed by atoms with E-state index in [9.17, 15) is 28.8 Å². The number of para-hydroxylation sites is 1. The number of thiocarbonyl (C=S) groups is 1. The van der Waals surface area contributed by atoms with Gasteiger partial charge in [0.2, 0.25) is 10.2 Å². The molecule has 0 aliphatic heterocycles. The van der Waals surface area contributed by atoms with Crippen LogP contribution in [0.25, 0.3) is 6.08 Å². The molecule has 17 nitrogen and oxygen atoms in total. The maximum atomic E-state index is 13.9. The van der Waals surface area contributed by atoms with Crippen LogP contribution in [-0.4, -0.2) is 78.6 Å². The molecule has 0 amide bonds. The lowest BCUT2D eigenvalue weighted by Gasteiger charge is -2.26. The maximum Gasteiger partial charge on any atom is 0.330 e. The molecule has 0 saturated heterocycles. The molecule has 4 aromatic carbocycles. The third-order valence-corrected chi connectivity index (χ3v) is 17.7. The quantitative estimate of drug-likeness (QED) is 0.00594. The van der Waals surface area contributed by atoms with E-state index in [0.29, 0.717) is 116 Å². The average molecular weight is 1280 g/mol. The molecule has 0 bridgehead atoms. The number of thiazole rings is 1. The Morgan fingerprint density at radius 1 is 0.571 bits per heavy atom. The second kappa shape index (κ2) is 37.1. The summed E-state index contributed by atoms with van der Waals surface area (Å²) in [5.74, 6) is -1.73. The summed E-state index contributed by atoms with van der Waals surface area (Å²) >= 11 is 7.45. The van der Waals surface area contributed by atoms with Gasteiger partial charge >= 0.3 is 35.8 Å². The van der Waals surface area contributed by atoms with Gasteiger partial charge in [0.25, 0.3) is 0 Å². The van der Waals surface area contributed by atoms with E-state index in [1.165, 1.54) is 23.0 Å². The molecule has 0 radical (unpaired) electrons. The molecule has 5 aromatic rings. The van der Waals surface area contributed by atoms with Crippen LogP contribution in [0.15, 0.2) is 134 Å². The van der Waals surface area contributed by atoms with Crippen LogP contribution in [-0.2, 0) is 62.2 Å². The van der Waals surface area contributed by atoms with Crippen LogP contribution < -0.4 is 29.3 Å². The van der Waals surface area contributed by atoms with E-state index in [1.54, 1.807) is 47.6 Å². The fraction of sp³-hybridized carbons (Fsp3) is 0.431. The number of hydrogen-bond acceptors (Lipinski definition) is 17. The van der Waals surface area contributed by atoms with E-state index in [4.69, 9.17) is 55.5 Å². The average Bonchev–Trinajstić information content (AvgIpc) is 2.21. The SMILES string of the molecule is C=CC(=O)OCCCCCCCCCc1ccc(OC(=O)C2CCC(C(=O)OCCc3ccc(OC(=O)C4CCC(C(=O)Oc5ccc(OCCCCCCOC(=O)C=C)cc5)CC4)cc3/C=N/N(C(=S)Nc3ccccc3)c3nc4c(s3)C=CCC4)CC2)cc1. The second-order valence-electron chi connectivity index (χ2n) is 23.1. The van der Waals surface area contributed by atoms with E-state index >= 15 is 0 Å². The number of carbonyl (C=O) groups is 6. The van der Waals surface area contributed by atoms with Crippen molar-refractivity contribution >= 4 is 87.6 Å². The number of fused-ring (bicyclic) bond motifs is 1. The van der Waals surface area contributed by atoms with Gasteiger partial charge in [0, 0.05) is 29.8 Å². The van der Waals surface area contributed by atoms with E-state index in [2.05, 4.69) is 30.6 Å². The first kappa shape index (κ1) is 68.6. The number of carbonyl (C=O) groups excluding carboxylic acids is 6. The minimum Gasteiger partial charge on any atom is -0.494 e. The Kier molecular flexibility index (Phi) is 28.0. The predicted molar refractivity (Wildman–Crippen MR) is 356 cm³/mol. The Hall–Kier alpha value is -8.29. The van der Waals surface area contributed by atoms with E-state index < -0.39 is 17.9 Å². The Morgan fingerprint density at radius 2 is 1.08 bits per heavy atom. The molecule has 19 heteroatoms. The van der Waals surface area contributed by atoms with Gasteiger partial charge in [-0.15, -0.1) is 0 Å². The third kappa shape index (κ3) is 22.9. The van der Waals surface area contributed by atoms with Gasteiger partial charge in [-0.05, 0) is 199 Å². The van der Waals surface area contributed by atoms with Gasteiger partial charge in [0.15, 0.2) is 0 Å². The smallest absolute Gasteiger partial charge is 0.330 e. The molecule has 1 heterocycles. The van der Waals surface area contributed by atoms with Crippen molar-refractivity contribution in [3.05, 3.63) is 156 Å². The summed E-state index contributed by atoms with van der Waals surface area (Å²) in [5.41, 5.74) is 4.32. The zero-order chi connectivity index (χ0) is 64.0. The van der Waals surface area contributed by atoms with Gasteiger partial charge in [-0.3, -0.25) is 19.2 Å². The molecule has 2 fully saturated rings. The second-order valence-corrected chi connectivity index (χ2v) is 24.5. The summed E-state index contributed by atoms with van der Waals surface area (Å²) < 4.78 is 39.5. The molecular weight excluding hydrogens is 1190 g/mol. The van der Waals surface area contributed by atoms with Gasteiger partial charge in [-0.1, -0.05) is 99.1 Å². The predicted octanol–water partition coefficient (Wildman–Crippen LogP) is 14.8. The van der Waals surface area contributed by atoms with Crippen LogP contribution in [0.4, 0.5) is 10.8 Å². The molecule has 8 rings (SSSR count). The molecule has 2 saturated carbocycles. The van der Waals surface area contributed by atoms with Gasteiger partial charge in [-0.25, -0.2) is 14.6 Å². The number of ether oxygens (including phenoxy) is 7. The number of allylic oxidation sites excluding steroid dienone is 1. The van der Waals surface area contributed by atoms with Gasteiger partial charge < -0.3 is 38.5 Å². The summed E-state index contributed by atoms with van der Waals surface area (Å²) in [6.07, 6.45) is 26.0. The van der Waals surface area contributed by atoms with Crippen LogP contribution >= 0.6 is 23.6 Å². The topological polar surface area (TPSA) is 208 Å². The summed E-state index contributed by atoms with van der Waals surface area (Å²) in [6.45, 7) is 8.23. The molecule has 482 valence electrons. The number of esters is 6. The molecule has 3 aliphatic carbocycles. The molecule has 1 aromatic heterocycles. The normalized spacial score (nSPS) is 16.7. The lowest BCUT2D eigenvalue weighted by atomic mass is 9.82. The lowest BCUT2D eigenvalue weighted by Crippen LogP contribution is -2.30. The number of unbranched alkanes of at least 4 members (excludes halogenated alkanes) is 9. The van der Waals surface area contributed by atoms with E-state index in [0.717, 1.165) is 118 Å². The van der Waals surface area contributed by atoms with E-state index in [-0.39, 0.29) is 48.2 Å². The Bertz CT molecular complexity index is 3280. The largest absolute Gasteiger partial charge is 0.494 e. The van der Waals surface area contributed by atoms with Crippen molar-refractivity contribution < 1.29 is 61.9 Å². The van der Waals surface area contributed by atoms with Crippen LogP contribution in [0.5, 0.6) is 23.0 Å². The fourth-order valence-corrected chi connectivity index (χ4v) is 12.4. The summed E-state index contributed by atoms with van der Waals surface area (Å²) in [7, 11) is 0. The van der Waals surface area contributed by atoms with Crippen LogP contribution in [0, 0.1) is 23.7 Å². The number of aromatic nitrogens is 1. The van der Waals surface area contributed by atoms with Crippen molar-refractivity contribution in [3.63, 3.8) is 0 Å². The maximum absolute atomic E-state index is 13.9. The standard InChI is InChI=1S/C72H84N4O13S2/c1-3-65(77)84-46-19-9-7-5-6-8-13-21-51-26-37-60(38-27-51)87-68(80)54-30-28-53(29-31-54)67(79)86-48-44-52-36-39-62(49-57(52)50-73-76(71(90)74-58-22-14-12-15-23-58)72-75-63-24-16-17-25-64(63)91-72)89-70(82)56-34-32-55(33-35-56)69(81)88-61-42-40-59(41-43-61)83-45-18-10-11-20-47-85-66(78)4-2/h3-4,12,14-15,17,22-23,25-27,36-43,49-50,53-56H,1-2,5-11,13,16,18-21,24,28-35,44-48H2,(H,74,90)/b73-50+. The van der Waals surface area contributed by atoms with Crippen molar-refractivity contribution in [2.75, 3.05) is 36.8 Å². The van der Waals surface area contributed by atoms with Crippen molar-refractivity contribution in [3.8, 4) is 23.0 Å². The number of aryl methyl sites for hydroxylation is 2. The molecule has 0 spiro atoms. The number of rotatable bonds is 34. The zero-order valence-electron chi connectivity index (χ0n) is 51.9. The molecular formula is C72H84N4O13S2. The molecule has 0 unspecified atom stereocenters. The minimum absolute atomic E-state index is 0.0741. The van der Waals surface area contributed by atoms with Crippen LogP contribution in [0.2, 0.25) is 0 Å². The van der Waals surface area contributed by atoms with Crippen molar-refractivity contribution in [1.82, 2.24) is 4.98 Å². The zero-order valence-corrected chi connectivity index (χ0v) is 53.5. The minimum atomic E-state index is -0.435. The highest BCUT2D eigenvalue weighted by atomic mass is 32.1. The Morgan fingerprint density at radius 3 is 1.65 bits per heavy atom. The Labute approximate surface area is 543 Å². The number of nitrogens with one attached hydrogen (secondary N) is 1. The van der Waals surface area contributed by atoms with Crippen LogP contribution in [0.1, 0.15) is 156 Å². The van der Waals surface area contributed by atoms with Crippen molar-refractivity contribution in [2.45, 2.75) is 148 Å². The first-order valence-electron chi connectivity index (χ1n) is 32.1. The number of anilines is 2. The number of hydrazone groups is 1. The third-order valence-electron chi connectivity index (χ3n) is 16.4. The Balaban J connectivity index is 0.818. The summed E-state index contributed by atoms with van der Waals surface area (Å²) in [4.78, 5) is 82.4. The molecule has 3 aliphatic rings. The number of nitrogens with zero attached hydrogens (tertiary/aromatic N) is 3. The van der Waals surface area contributed by atoms with Gasteiger partial charge in [0.1, 0.15) is 23.0 Å². The lowest BCUT2D eigenvalue weighted by molar-refractivity contribution is -0.152. The fourth-order valence-electron chi connectivity index (χ4n) is 11.1. The first-order chi connectivity index (χ1) is 44.4. The molecule has 91 heavy (non-hydrogen) atoms. The summed E-state index contributed by atoms with van der Waals surface area (Å²) in [6, 6.07) is 29.5. The molecule has 1 N–H and O–H groups in total. The monoisotopic (exact) mass is 1280 g/mol. The highest BCUT2D eigenvalue weighted by Gasteiger charge is 2.34.